The maximum atomic E-state index is 12.0. The molecule has 2 heterocycles. The Hall–Kier alpha value is -1.18. The minimum Gasteiger partial charge on any atom is -0.354 e. The molecule has 2 unspecified atom stereocenters. The van der Waals surface area contributed by atoms with Crippen molar-refractivity contribution >= 4 is 15.8 Å². The maximum absolute atomic E-state index is 12.0. The number of rotatable bonds is 4. The molecule has 0 spiro atoms. The molecule has 0 amide bonds. The first-order valence-electron chi connectivity index (χ1n) is 7.21. The zero-order valence-electron chi connectivity index (χ0n) is 12.9. The van der Waals surface area contributed by atoms with Gasteiger partial charge in [0.2, 0.25) is 10.0 Å². The van der Waals surface area contributed by atoms with Gasteiger partial charge >= 0.3 is 0 Å². The summed E-state index contributed by atoms with van der Waals surface area (Å²) in [6.45, 7) is 3.72. The molecular weight excluding hydrogens is 288 g/mol. The first-order valence-corrected chi connectivity index (χ1v) is 8.65. The quantitative estimate of drug-likeness (QED) is 0.893. The van der Waals surface area contributed by atoms with Crippen LogP contribution in [0.15, 0.2) is 23.2 Å². The molecule has 21 heavy (non-hydrogen) atoms. The van der Waals surface area contributed by atoms with Gasteiger partial charge in [0.1, 0.15) is 10.7 Å². The van der Waals surface area contributed by atoms with Crippen LogP contribution in [-0.4, -0.2) is 50.9 Å². The van der Waals surface area contributed by atoms with Crippen LogP contribution in [0.5, 0.6) is 0 Å². The minimum atomic E-state index is -3.42. The highest BCUT2D eigenvalue weighted by Gasteiger charge is 2.26. The van der Waals surface area contributed by atoms with Crippen LogP contribution in [0.4, 0.5) is 5.82 Å². The predicted molar refractivity (Wildman–Crippen MR) is 83.7 cm³/mol. The van der Waals surface area contributed by atoms with E-state index in [2.05, 4.69) is 16.8 Å². The zero-order valence-corrected chi connectivity index (χ0v) is 13.7. The predicted octanol–water partition coefficient (Wildman–Crippen LogP) is 0.895. The average Bonchev–Trinajstić information content (AvgIpc) is 2.48. The fraction of sp³-hybridized carbons (Fsp3) is 0.643. The number of sulfonamides is 1. The van der Waals surface area contributed by atoms with E-state index in [-0.39, 0.29) is 4.90 Å². The fourth-order valence-electron chi connectivity index (χ4n) is 2.60. The lowest BCUT2D eigenvalue weighted by Crippen LogP contribution is -2.44. The zero-order chi connectivity index (χ0) is 15.6. The molecule has 0 radical (unpaired) electrons. The van der Waals surface area contributed by atoms with Crippen molar-refractivity contribution in [3.05, 3.63) is 18.3 Å². The molecule has 1 saturated heterocycles. The van der Waals surface area contributed by atoms with Gasteiger partial charge in [-0.3, -0.25) is 0 Å². The monoisotopic (exact) mass is 312 g/mol. The lowest BCUT2D eigenvalue weighted by molar-refractivity contribution is 0.372. The molecule has 1 fully saturated rings. The van der Waals surface area contributed by atoms with Crippen molar-refractivity contribution in [3.8, 4) is 0 Å². The Bertz CT molecular complexity index is 571. The summed E-state index contributed by atoms with van der Waals surface area (Å²) in [6, 6.07) is 3.80. The molecule has 2 rings (SSSR count). The standard InChI is InChI=1S/C14H24N4O2S/c1-11-4-5-12(8-15)10-18(11)14-7-6-13(9-16-14)21(19,20)17(2)3/h6-7,9,11-12H,4-5,8,10,15H2,1-3H3. The van der Waals surface area contributed by atoms with E-state index in [9.17, 15) is 8.42 Å². The highest BCUT2D eigenvalue weighted by atomic mass is 32.2. The van der Waals surface area contributed by atoms with Crippen molar-refractivity contribution in [1.29, 1.82) is 0 Å². The number of pyridine rings is 1. The van der Waals surface area contributed by atoms with E-state index in [0.29, 0.717) is 18.5 Å². The summed E-state index contributed by atoms with van der Waals surface area (Å²) in [5.41, 5.74) is 5.77. The molecular formula is C14H24N4O2S. The van der Waals surface area contributed by atoms with Crippen molar-refractivity contribution in [1.82, 2.24) is 9.29 Å². The van der Waals surface area contributed by atoms with E-state index in [4.69, 9.17) is 5.73 Å². The Morgan fingerprint density at radius 1 is 1.38 bits per heavy atom. The SMILES string of the molecule is CC1CCC(CN)CN1c1ccc(S(=O)(=O)N(C)C)cn1. The van der Waals surface area contributed by atoms with Crippen LogP contribution >= 0.6 is 0 Å². The van der Waals surface area contributed by atoms with Gasteiger partial charge in [0.05, 0.1) is 0 Å². The van der Waals surface area contributed by atoms with E-state index < -0.39 is 10.0 Å². The first kappa shape index (κ1) is 16.2. The minimum absolute atomic E-state index is 0.219. The summed E-state index contributed by atoms with van der Waals surface area (Å²) >= 11 is 0. The topological polar surface area (TPSA) is 79.5 Å². The molecule has 1 aromatic heterocycles. The maximum Gasteiger partial charge on any atom is 0.244 e. The summed E-state index contributed by atoms with van der Waals surface area (Å²) in [7, 11) is -0.390. The normalized spacial score (nSPS) is 23.6. The van der Waals surface area contributed by atoms with Crippen LogP contribution in [0.25, 0.3) is 0 Å². The van der Waals surface area contributed by atoms with Crippen molar-refractivity contribution in [2.24, 2.45) is 11.7 Å². The molecule has 7 heteroatoms. The van der Waals surface area contributed by atoms with Gasteiger partial charge < -0.3 is 10.6 Å². The molecule has 6 nitrogen and oxygen atoms in total. The van der Waals surface area contributed by atoms with Crippen LogP contribution in [0.3, 0.4) is 0 Å². The lowest BCUT2D eigenvalue weighted by atomic mass is 9.93. The molecule has 2 atom stereocenters. The summed E-state index contributed by atoms with van der Waals surface area (Å²) in [5, 5.41) is 0. The lowest BCUT2D eigenvalue weighted by Gasteiger charge is -2.38. The van der Waals surface area contributed by atoms with Crippen molar-refractivity contribution < 1.29 is 8.42 Å². The van der Waals surface area contributed by atoms with Gasteiger partial charge in [-0.15, -0.1) is 0 Å². The Kier molecular flexibility index (Phi) is 4.85. The van der Waals surface area contributed by atoms with Gasteiger partial charge in [-0.25, -0.2) is 17.7 Å². The molecule has 118 valence electrons. The fourth-order valence-corrected chi connectivity index (χ4v) is 3.45. The Labute approximate surface area is 127 Å². The van der Waals surface area contributed by atoms with Gasteiger partial charge in [-0.2, -0.15) is 0 Å². The van der Waals surface area contributed by atoms with Crippen LogP contribution in [0.1, 0.15) is 19.8 Å². The van der Waals surface area contributed by atoms with Crippen molar-refractivity contribution in [2.45, 2.75) is 30.7 Å². The highest BCUT2D eigenvalue weighted by molar-refractivity contribution is 7.89. The van der Waals surface area contributed by atoms with Gasteiger partial charge in [0.15, 0.2) is 0 Å². The van der Waals surface area contributed by atoms with Crippen LogP contribution in [0, 0.1) is 5.92 Å². The number of nitrogens with two attached hydrogens (primary N) is 1. The van der Waals surface area contributed by atoms with Gasteiger partial charge in [0, 0.05) is 32.9 Å². The van der Waals surface area contributed by atoms with Crippen LogP contribution in [0.2, 0.25) is 0 Å². The number of anilines is 1. The number of piperidine rings is 1. The third kappa shape index (κ3) is 3.36. The van der Waals surface area contributed by atoms with E-state index in [1.165, 1.54) is 24.6 Å². The Morgan fingerprint density at radius 3 is 2.62 bits per heavy atom. The number of hydrogen-bond acceptors (Lipinski definition) is 5. The number of hydrogen-bond donors (Lipinski definition) is 1. The molecule has 0 bridgehead atoms. The van der Waals surface area contributed by atoms with Crippen molar-refractivity contribution in [3.63, 3.8) is 0 Å². The van der Waals surface area contributed by atoms with Gasteiger partial charge in [-0.1, -0.05) is 0 Å². The van der Waals surface area contributed by atoms with E-state index in [1.54, 1.807) is 12.1 Å². The largest absolute Gasteiger partial charge is 0.354 e. The Morgan fingerprint density at radius 2 is 2.10 bits per heavy atom. The summed E-state index contributed by atoms with van der Waals surface area (Å²) < 4.78 is 25.3. The molecule has 1 aliphatic heterocycles. The van der Waals surface area contributed by atoms with Crippen LogP contribution < -0.4 is 10.6 Å². The summed E-state index contributed by atoms with van der Waals surface area (Å²) in [6.07, 6.45) is 3.66. The molecule has 1 aromatic rings. The smallest absolute Gasteiger partial charge is 0.244 e. The number of aromatic nitrogens is 1. The molecule has 2 N–H and O–H groups in total. The third-order valence-electron chi connectivity index (χ3n) is 4.11. The second-order valence-corrected chi connectivity index (χ2v) is 7.97. The molecule has 1 aliphatic rings. The Balaban J connectivity index is 2.22. The summed E-state index contributed by atoms with van der Waals surface area (Å²) in [5.74, 6) is 1.30. The highest BCUT2D eigenvalue weighted by Crippen LogP contribution is 2.26. The average molecular weight is 312 g/mol. The van der Waals surface area contributed by atoms with Crippen LogP contribution in [-0.2, 0) is 10.0 Å². The second kappa shape index (κ2) is 6.29. The first-order chi connectivity index (χ1) is 9.86. The molecule has 0 aromatic carbocycles. The molecule has 0 saturated carbocycles. The van der Waals surface area contributed by atoms with E-state index in [0.717, 1.165) is 25.2 Å². The molecule has 0 aliphatic carbocycles. The van der Waals surface area contributed by atoms with Gasteiger partial charge in [0.25, 0.3) is 0 Å². The number of nitrogens with zero attached hydrogens (tertiary/aromatic N) is 3. The van der Waals surface area contributed by atoms with Gasteiger partial charge in [-0.05, 0) is 44.4 Å². The van der Waals surface area contributed by atoms with E-state index in [1.807, 2.05) is 0 Å². The van der Waals surface area contributed by atoms with Crippen molar-refractivity contribution in [2.75, 3.05) is 32.1 Å². The third-order valence-corrected chi connectivity index (χ3v) is 5.91. The second-order valence-electron chi connectivity index (χ2n) is 5.82. The summed E-state index contributed by atoms with van der Waals surface area (Å²) in [4.78, 5) is 6.78. The van der Waals surface area contributed by atoms with E-state index >= 15 is 0 Å².